The molecule has 1 aromatic carbocycles. The van der Waals surface area contributed by atoms with Crippen molar-refractivity contribution in [3.05, 3.63) is 35.9 Å². The second kappa shape index (κ2) is 5.09. The van der Waals surface area contributed by atoms with E-state index in [1.54, 1.807) is 0 Å². The summed E-state index contributed by atoms with van der Waals surface area (Å²) >= 11 is 0. The third-order valence-electron chi connectivity index (χ3n) is 2.57. The SMILES string of the molecule is O=C1OC[C@H](O)[C@H]1COCc1ccccc1. The van der Waals surface area contributed by atoms with Crippen LogP contribution in [0.2, 0.25) is 0 Å². The van der Waals surface area contributed by atoms with Crippen molar-refractivity contribution >= 4 is 5.97 Å². The fourth-order valence-electron chi connectivity index (χ4n) is 1.60. The summed E-state index contributed by atoms with van der Waals surface area (Å²) in [5.74, 6) is -0.913. The molecule has 4 nitrogen and oxygen atoms in total. The number of benzene rings is 1. The van der Waals surface area contributed by atoms with Crippen LogP contribution >= 0.6 is 0 Å². The Kier molecular flexibility index (Phi) is 3.54. The van der Waals surface area contributed by atoms with Crippen molar-refractivity contribution in [3.63, 3.8) is 0 Å². The van der Waals surface area contributed by atoms with E-state index in [0.29, 0.717) is 6.61 Å². The lowest BCUT2D eigenvalue weighted by atomic mass is 10.1. The molecule has 1 saturated heterocycles. The van der Waals surface area contributed by atoms with Crippen molar-refractivity contribution in [3.8, 4) is 0 Å². The number of esters is 1. The minimum Gasteiger partial charge on any atom is -0.463 e. The molecule has 4 heteroatoms. The lowest BCUT2D eigenvalue weighted by molar-refractivity contribution is -0.143. The maximum atomic E-state index is 11.2. The van der Waals surface area contributed by atoms with Crippen LogP contribution in [0.25, 0.3) is 0 Å². The fourth-order valence-corrected chi connectivity index (χ4v) is 1.60. The maximum Gasteiger partial charge on any atom is 0.314 e. The third-order valence-corrected chi connectivity index (χ3v) is 2.57. The van der Waals surface area contributed by atoms with E-state index in [0.717, 1.165) is 5.56 Å². The summed E-state index contributed by atoms with van der Waals surface area (Å²) in [7, 11) is 0. The topological polar surface area (TPSA) is 55.8 Å². The van der Waals surface area contributed by atoms with Crippen LogP contribution in [-0.2, 0) is 20.9 Å². The molecule has 1 heterocycles. The van der Waals surface area contributed by atoms with Gasteiger partial charge in [-0.25, -0.2) is 0 Å². The molecule has 0 aromatic heterocycles. The van der Waals surface area contributed by atoms with Gasteiger partial charge in [0.1, 0.15) is 18.6 Å². The van der Waals surface area contributed by atoms with E-state index >= 15 is 0 Å². The number of carbonyl (C=O) groups excluding carboxylic acids is 1. The summed E-state index contributed by atoms with van der Waals surface area (Å²) in [5.41, 5.74) is 1.04. The molecule has 1 aliphatic rings. The molecule has 1 fully saturated rings. The highest BCUT2D eigenvalue weighted by molar-refractivity contribution is 5.75. The molecular weight excluding hydrogens is 208 g/mol. The number of ether oxygens (including phenoxy) is 2. The average Bonchev–Trinajstić information content (AvgIpc) is 2.62. The van der Waals surface area contributed by atoms with Crippen LogP contribution in [0, 0.1) is 5.92 Å². The number of aliphatic hydroxyl groups excluding tert-OH is 1. The van der Waals surface area contributed by atoms with E-state index in [-0.39, 0.29) is 19.2 Å². The van der Waals surface area contributed by atoms with E-state index in [1.165, 1.54) is 0 Å². The molecule has 2 atom stereocenters. The van der Waals surface area contributed by atoms with E-state index in [9.17, 15) is 9.90 Å². The van der Waals surface area contributed by atoms with Gasteiger partial charge in [-0.05, 0) is 5.56 Å². The van der Waals surface area contributed by atoms with Crippen molar-refractivity contribution in [2.24, 2.45) is 5.92 Å². The monoisotopic (exact) mass is 222 g/mol. The smallest absolute Gasteiger partial charge is 0.314 e. The summed E-state index contributed by atoms with van der Waals surface area (Å²) in [6, 6.07) is 9.68. The van der Waals surface area contributed by atoms with E-state index in [1.807, 2.05) is 30.3 Å². The summed E-state index contributed by atoms with van der Waals surface area (Å²) in [6.45, 7) is 0.727. The zero-order valence-corrected chi connectivity index (χ0v) is 8.83. The Bertz CT molecular complexity index is 349. The normalized spacial score (nSPS) is 24.4. The molecular formula is C12H14O4. The summed E-state index contributed by atoms with van der Waals surface area (Å²) in [4.78, 5) is 11.2. The summed E-state index contributed by atoms with van der Waals surface area (Å²) < 4.78 is 10.1. The van der Waals surface area contributed by atoms with E-state index < -0.39 is 12.0 Å². The van der Waals surface area contributed by atoms with E-state index in [2.05, 4.69) is 0 Å². The standard InChI is InChI=1S/C12H14O4/c13-11-8-16-12(14)10(11)7-15-6-9-4-2-1-3-5-9/h1-5,10-11,13H,6-8H2/t10-,11+/m1/s1. The number of cyclic esters (lactones) is 1. The van der Waals surface area contributed by atoms with Crippen molar-refractivity contribution in [1.82, 2.24) is 0 Å². The Hall–Kier alpha value is -1.39. The van der Waals surface area contributed by atoms with Crippen LogP contribution in [0.1, 0.15) is 5.56 Å². The van der Waals surface area contributed by atoms with Gasteiger partial charge in [-0.3, -0.25) is 4.79 Å². The van der Waals surface area contributed by atoms with Gasteiger partial charge in [0.15, 0.2) is 0 Å². The van der Waals surface area contributed by atoms with Crippen molar-refractivity contribution < 1.29 is 19.4 Å². The molecule has 2 rings (SSSR count). The van der Waals surface area contributed by atoms with Crippen LogP contribution in [-0.4, -0.2) is 30.4 Å². The lowest BCUT2D eigenvalue weighted by Crippen LogP contribution is -2.25. The molecule has 0 bridgehead atoms. The first-order chi connectivity index (χ1) is 7.77. The fraction of sp³-hybridized carbons (Fsp3) is 0.417. The van der Waals surface area contributed by atoms with Crippen molar-refractivity contribution in [2.75, 3.05) is 13.2 Å². The minimum atomic E-state index is -0.733. The number of hydrogen-bond donors (Lipinski definition) is 1. The van der Waals surface area contributed by atoms with Crippen molar-refractivity contribution in [1.29, 1.82) is 0 Å². The number of rotatable bonds is 4. The van der Waals surface area contributed by atoms with Crippen LogP contribution in [0.5, 0.6) is 0 Å². The molecule has 0 aliphatic carbocycles. The van der Waals surface area contributed by atoms with Gasteiger partial charge in [0.05, 0.1) is 13.2 Å². The minimum absolute atomic E-state index is 0.0815. The maximum absolute atomic E-state index is 11.2. The van der Waals surface area contributed by atoms with Gasteiger partial charge in [0.2, 0.25) is 0 Å². The molecule has 0 saturated carbocycles. The molecule has 1 aliphatic heterocycles. The number of hydrogen-bond acceptors (Lipinski definition) is 4. The molecule has 16 heavy (non-hydrogen) atoms. The summed E-state index contributed by atoms with van der Waals surface area (Å²) in [6.07, 6.45) is -0.733. The number of carbonyl (C=O) groups is 1. The Morgan fingerprint density at radius 3 is 2.75 bits per heavy atom. The zero-order chi connectivity index (χ0) is 11.4. The van der Waals surface area contributed by atoms with E-state index in [4.69, 9.17) is 9.47 Å². The highest BCUT2D eigenvalue weighted by Gasteiger charge is 2.35. The molecule has 1 aromatic rings. The molecule has 0 spiro atoms. The quantitative estimate of drug-likeness (QED) is 0.763. The Morgan fingerprint density at radius 1 is 1.38 bits per heavy atom. The average molecular weight is 222 g/mol. The molecule has 0 unspecified atom stereocenters. The van der Waals surface area contributed by atoms with Crippen LogP contribution < -0.4 is 0 Å². The van der Waals surface area contributed by atoms with Crippen LogP contribution in [0.15, 0.2) is 30.3 Å². The molecule has 0 amide bonds. The predicted molar refractivity (Wildman–Crippen MR) is 56.6 cm³/mol. The Morgan fingerprint density at radius 2 is 2.12 bits per heavy atom. The van der Waals surface area contributed by atoms with Gasteiger partial charge in [0, 0.05) is 0 Å². The largest absolute Gasteiger partial charge is 0.463 e. The van der Waals surface area contributed by atoms with Gasteiger partial charge in [-0.1, -0.05) is 30.3 Å². The van der Waals surface area contributed by atoms with Gasteiger partial charge < -0.3 is 14.6 Å². The Labute approximate surface area is 93.8 Å². The van der Waals surface area contributed by atoms with Gasteiger partial charge in [-0.2, -0.15) is 0 Å². The first-order valence-electron chi connectivity index (χ1n) is 5.24. The van der Waals surface area contributed by atoms with Gasteiger partial charge in [-0.15, -0.1) is 0 Å². The summed E-state index contributed by atoms with van der Waals surface area (Å²) in [5, 5.41) is 9.43. The molecule has 1 N–H and O–H groups in total. The predicted octanol–water partition coefficient (Wildman–Crippen LogP) is 0.737. The van der Waals surface area contributed by atoms with Crippen molar-refractivity contribution in [2.45, 2.75) is 12.7 Å². The molecule has 86 valence electrons. The third kappa shape index (κ3) is 2.59. The lowest BCUT2D eigenvalue weighted by Gasteiger charge is -2.10. The number of aliphatic hydroxyl groups is 1. The second-order valence-electron chi connectivity index (χ2n) is 3.80. The highest BCUT2D eigenvalue weighted by atomic mass is 16.6. The second-order valence-corrected chi connectivity index (χ2v) is 3.80. The Balaban J connectivity index is 1.78. The zero-order valence-electron chi connectivity index (χ0n) is 8.83. The van der Waals surface area contributed by atoms with Crippen LogP contribution in [0.4, 0.5) is 0 Å². The van der Waals surface area contributed by atoms with Crippen LogP contribution in [0.3, 0.4) is 0 Å². The first kappa shape index (κ1) is 11.1. The van der Waals surface area contributed by atoms with Gasteiger partial charge >= 0.3 is 5.97 Å². The van der Waals surface area contributed by atoms with Gasteiger partial charge in [0.25, 0.3) is 0 Å². The molecule has 0 radical (unpaired) electrons. The highest BCUT2D eigenvalue weighted by Crippen LogP contribution is 2.16. The first-order valence-corrected chi connectivity index (χ1v) is 5.24.